The van der Waals surface area contributed by atoms with Gasteiger partial charge in [0, 0.05) is 6.54 Å². The molecule has 112 valence electrons. The Labute approximate surface area is 130 Å². The second kappa shape index (κ2) is 7.34. The van der Waals surface area contributed by atoms with Gasteiger partial charge in [0.05, 0.1) is 11.1 Å². The lowest BCUT2D eigenvalue weighted by molar-refractivity contribution is 0.363. The lowest BCUT2D eigenvalue weighted by Gasteiger charge is -2.12. The normalized spacial score (nSPS) is 12.1. The molecule has 0 bridgehead atoms. The van der Waals surface area contributed by atoms with Gasteiger partial charge in [-0.2, -0.15) is 0 Å². The van der Waals surface area contributed by atoms with Crippen LogP contribution >= 0.6 is 11.6 Å². The molecule has 4 heteroatoms. The summed E-state index contributed by atoms with van der Waals surface area (Å²) in [5.41, 5.74) is 1.10. The molecule has 0 aliphatic rings. The highest BCUT2D eigenvalue weighted by molar-refractivity contribution is 6.32. The van der Waals surface area contributed by atoms with Gasteiger partial charge >= 0.3 is 0 Å². The molecular formula is C17H20ClNO2. The van der Waals surface area contributed by atoms with Gasteiger partial charge in [-0.25, -0.2) is 0 Å². The number of furan rings is 1. The van der Waals surface area contributed by atoms with E-state index in [4.69, 9.17) is 20.8 Å². The summed E-state index contributed by atoms with van der Waals surface area (Å²) < 4.78 is 11.1. The van der Waals surface area contributed by atoms with Crippen LogP contribution in [-0.4, -0.2) is 6.61 Å². The monoisotopic (exact) mass is 305 g/mol. The van der Waals surface area contributed by atoms with Crippen molar-refractivity contribution < 1.29 is 9.15 Å². The van der Waals surface area contributed by atoms with Gasteiger partial charge in [-0.15, -0.1) is 0 Å². The Morgan fingerprint density at radius 2 is 2.19 bits per heavy atom. The van der Waals surface area contributed by atoms with Crippen molar-refractivity contribution in [1.82, 2.24) is 5.32 Å². The average Bonchev–Trinajstić information content (AvgIpc) is 2.90. The van der Waals surface area contributed by atoms with Crippen LogP contribution in [0.3, 0.4) is 0 Å². The van der Waals surface area contributed by atoms with Crippen molar-refractivity contribution in [2.24, 2.45) is 0 Å². The van der Waals surface area contributed by atoms with Crippen LogP contribution < -0.4 is 10.1 Å². The zero-order valence-corrected chi connectivity index (χ0v) is 13.1. The van der Waals surface area contributed by atoms with E-state index in [0.29, 0.717) is 23.9 Å². The molecule has 0 fully saturated rings. The van der Waals surface area contributed by atoms with E-state index in [1.165, 1.54) is 0 Å². The fraction of sp³-hybridized carbons (Fsp3) is 0.294. The van der Waals surface area contributed by atoms with Gasteiger partial charge in [-0.05, 0) is 43.7 Å². The van der Waals surface area contributed by atoms with Gasteiger partial charge in [-0.1, -0.05) is 30.3 Å². The summed E-state index contributed by atoms with van der Waals surface area (Å²) in [6.45, 7) is 8.79. The Kier molecular flexibility index (Phi) is 5.48. The topological polar surface area (TPSA) is 34.4 Å². The second-order valence-electron chi connectivity index (χ2n) is 4.92. The quantitative estimate of drug-likeness (QED) is 0.756. The third-order valence-corrected chi connectivity index (χ3v) is 3.45. The van der Waals surface area contributed by atoms with Crippen molar-refractivity contribution in [3.63, 3.8) is 0 Å². The lowest BCUT2D eigenvalue weighted by Crippen LogP contribution is -2.17. The zero-order chi connectivity index (χ0) is 15.2. The average molecular weight is 306 g/mol. The van der Waals surface area contributed by atoms with E-state index in [0.717, 1.165) is 17.1 Å². The smallest absolute Gasteiger partial charge is 0.138 e. The molecule has 21 heavy (non-hydrogen) atoms. The molecule has 3 nitrogen and oxygen atoms in total. The maximum absolute atomic E-state index is 6.20. The number of aryl methyl sites for hydroxylation is 1. The van der Waals surface area contributed by atoms with Crippen molar-refractivity contribution in [3.05, 3.63) is 65.1 Å². The zero-order valence-electron chi connectivity index (χ0n) is 12.4. The third kappa shape index (κ3) is 4.38. The molecular weight excluding hydrogens is 286 g/mol. The molecule has 1 N–H and O–H groups in total. The van der Waals surface area contributed by atoms with Gasteiger partial charge in [0.25, 0.3) is 0 Å². The highest BCUT2D eigenvalue weighted by atomic mass is 35.5. The summed E-state index contributed by atoms with van der Waals surface area (Å²) in [6, 6.07) is 9.89. The van der Waals surface area contributed by atoms with Crippen LogP contribution in [0.5, 0.6) is 5.75 Å². The second-order valence-corrected chi connectivity index (χ2v) is 5.32. The van der Waals surface area contributed by atoms with Crippen LogP contribution in [0.4, 0.5) is 0 Å². The van der Waals surface area contributed by atoms with Gasteiger partial charge in [0.1, 0.15) is 23.9 Å². The number of ether oxygens (including phenoxy) is 1. The number of hydrogen-bond donors (Lipinski definition) is 1. The molecule has 0 saturated carbocycles. The van der Waals surface area contributed by atoms with Crippen LogP contribution in [0.15, 0.2) is 47.4 Å². The minimum atomic E-state index is 0.147. The van der Waals surface area contributed by atoms with Crippen molar-refractivity contribution >= 4 is 11.6 Å². The lowest BCUT2D eigenvalue weighted by atomic mass is 10.2. The molecule has 0 spiro atoms. The maximum atomic E-state index is 6.20. The third-order valence-electron chi connectivity index (χ3n) is 3.15. The van der Waals surface area contributed by atoms with E-state index in [1.807, 2.05) is 37.3 Å². The number of hydrogen-bond acceptors (Lipinski definition) is 3. The van der Waals surface area contributed by atoms with Crippen LogP contribution in [0.1, 0.15) is 30.0 Å². The molecule has 2 aromatic rings. The molecule has 0 saturated heterocycles. The van der Waals surface area contributed by atoms with E-state index in [9.17, 15) is 0 Å². The minimum absolute atomic E-state index is 0.147. The summed E-state index contributed by atoms with van der Waals surface area (Å²) >= 11 is 6.20. The highest BCUT2D eigenvalue weighted by Gasteiger charge is 2.09. The van der Waals surface area contributed by atoms with E-state index >= 15 is 0 Å². The van der Waals surface area contributed by atoms with Crippen LogP contribution in [0.2, 0.25) is 5.02 Å². The molecule has 0 aliphatic carbocycles. The Hall–Kier alpha value is -1.71. The molecule has 2 rings (SSSR count). The van der Waals surface area contributed by atoms with E-state index in [1.54, 1.807) is 6.08 Å². The Morgan fingerprint density at radius 1 is 1.38 bits per heavy atom. The van der Waals surface area contributed by atoms with E-state index < -0.39 is 0 Å². The first-order valence-corrected chi connectivity index (χ1v) is 7.30. The largest absolute Gasteiger partial charge is 0.488 e. The molecule has 0 amide bonds. The Bertz CT molecular complexity index is 607. The number of nitrogens with one attached hydrogen (secondary N) is 1. The number of benzene rings is 1. The van der Waals surface area contributed by atoms with Gasteiger partial charge in [0.15, 0.2) is 0 Å². The van der Waals surface area contributed by atoms with Gasteiger partial charge in [-0.3, -0.25) is 0 Å². The number of halogens is 1. The van der Waals surface area contributed by atoms with Crippen molar-refractivity contribution in [3.8, 4) is 5.75 Å². The maximum Gasteiger partial charge on any atom is 0.138 e. The van der Waals surface area contributed by atoms with Gasteiger partial charge < -0.3 is 14.5 Å². The highest BCUT2D eigenvalue weighted by Crippen LogP contribution is 2.26. The summed E-state index contributed by atoms with van der Waals surface area (Å²) in [4.78, 5) is 0. The minimum Gasteiger partial charge on any atom is -0.488 e. The first-order valence-electron chi connectivity index (χ1n) is 6.92. The molecule has 1 atom stereocenters. The van der Waals surface area contributed by atoms with Gasteiger partial charge in [0.2, 0.25) is 0 Å². The van der Waals surface area contributed by atoms with Crippen LogP contribution in [0, 0.1) is 6.92 Å². The Balaban J connectivity index is 1.94. The molecule has 1 aromatic heterocycles. The predicted octanol–water partition coefficient (Wildman–Crippen LogP) is 4.66. The van der Waals surface area contributed by atoms with Crippen LogP contribution in [0.25, 0.3) is 0 Å². The molecule has 1 aromatic carbocycles. The number of rotatable bonds is 7. The first kappa shape index (κ1) is 15.7. The van der Waals surface area contributed by atoms with E-state index in [-0.39, 0.29) is 6.04 Å². The summed E-state index contributed by atoms with van der Waals surface area (Å²) in [5.74, 6) is 2.53. The standard InChI is InChI=1S/C17H20ClNO2/c1-4-9-20-17-8-6-14(10-15(17)18)11-19-13(3)16-7-5-12(2)21-16/h4-8,10,13,19H,1,9,11H2,2-3H3. The van der Waals surface area contributed by atoms with Crippen LogP contribution in [-0.2, 0) is 6.54 Å². The SMILES string of the molecule is C=CCOc1ccc(CNC(C)c2ccc(C)o2)cc1Cl. The fourth-order valence-corrected chi connectivity index (χ4v) is 2.24. The van der Waals surface area contributed by atoms with E-state index in [2.05, 4.69) is 18.8 Å². The fourth-order valence-electron chi connectivity index (χ4n) is 1.98. The molecule has 1 unspecified atom stereocenters. The molecule has 0 aliphatic heterocycles. The molecule has 0 radical (unpaired) electrons. The summed E-state index contributed by atoms with van der Waals surface area (Å²) in [7, 11) is 0. The first-order chi connectivity index (χ1) is 10.1. The Morgan fingerprint density at radius 3 is 2.81 bits per heavy atom. The summed E-state index contributed by atoms with van der Waals surface area (Å²) in [6.07, 6.45) is 1.69. The van der Waals surface area contributed by atoms with Crippen molar-refractivity contribution in [1.29, 1.82) is 0 Å². The van der Waals surface area contributed by atoms with Crippen molar-refractivity contribution in [2.75, 3.05) is 6.61 Å². The summed E-state index contributed by atoms with van der Waals surface area (Å²) in [5, 5.41) is 4.02. The predicted molar refractivity (Wildman–Crippen MR) is 85.8 cm³/mol. The van der Waals surface area contributed by atoms with Crippen molar-refractivity contribution in [2.45, 2.75) is 26.4 Å². The molecule has 1 heterocycles.